The van der Waals surface area contributed by atoms with E-state index < -0.39 is 29.5 Å². The summed E-state index contributed by atoms with van der Waals surface area (Å²) in [5.41, 5.74) is -0.347. The fourth-order valence-electron chi connectivity index (χ4n) is 3.50. The maximum Gasteiger partial charge on any atom is 0.264 e. The molecule has 5 nitrogen and oxygen atoms in total. The summed E-state index contributed by atoms with van der Waals surface area (Å²) in [6.07, 6.45) is 1.07. The molecule has 1 aromatic heterocycles. The minimum absolute atomic E-state index is 0.0910. The Labute approximate surface area is 161 Å². The van der Waals surface area contributed by atoms with E-state index in [2.05, 4.69) is 4.98 Å². The molecule has 2 aromatic carbocycles. The number of fused-ring (bicyclic) bond motifs is 1. The van der Waals surface area contributed by atoms with Crippen molar-refractivity contribution in [2.24, 2.45) is 0 Å². The molecular formula is C22H17FN2O3. The molecule has 1 atom stereocenters. The number of hydrogen-bond acceptors (Lipinski definition) is 4. The van der Waals surface area contributed by atoms with Gasteiger partial charge in [-0.05, 0) is 35.9 Å². The highest BCUT2D eigenvalue weighted by Crippen LogP contribution is 2.43. The van der Waals surface area contributed by atoms with Crippen molar-refractivity contribution in [2.75, 3.05) is 4.90 Å². The number of benzene rings is 2. The van der Waals surface area contributed by atoms with Gasteiger partial charge in [0.15, 0.2) is 11.4 Å². The minimum Gasteiger partial charge on any atom is -0.375 e. The van der Waals surface area contributed by atoms with Gasteiger partial charge in [-0.25, -0.2) is 4.39 Å². The number of aliphatic hydroxyl groups is 1. The van der Waals surface area contributed by atoms with Crippen molar-refractivity contribution in [1.82, 2.24) is 4.98 Å². The summed E-state index contributed by atoms with van der Waals surface area (Å²) in [6, 6.07) is 17.6. The lowest BCUT2D eigenvalue weighted by molar-refractivity contribution is -0.136. The maximum atomic E-state index is 13.5. The molecule has 0 aliphatic carbocycles. The number of Topliss-reactive ketones (excluding diaryl/α,β-unsaturated/α-hetero) is 1. The fraction of sp³-hybridized carbons (Fsp3) is 0.136. The van der Waals surface area contributed by atoms with Crippen LogP contribution in [-0.4, -0.2) is 21.8 Å². The molecular weight excluding hydrogens is 359 g/mol. The zero-order valence-corrected chi connectivity index (χ0v) is 14.9. The highest BCUT2D eigenvalue weighted by Gasteiger charge is 2.50. The number of ketones is 1. The molecule has 1 aliphatic rings. The second kappa shape index (κ2) is 6.98. The summed E-state index contributed by atoms with van der Waals surface area (Å²) in [7, 11) is 0. The van der Waals surface area contributed by atoms with Crippen LogP contribution in [0, 0.1) is 5.82 Å². The molecule has 0 fully saturated rings. The Bertz CT molecular complexity index is 1050. The van der Waals surface area contributed by atoms with Gasteiger partial charge in [0.2, 0.25) is 0 Å². The Morgan fingerprint density at radius 3 is 2.61 bits per heavy atom. The maximum absolute atomic E-state index is 13.5. The van der Waals surface area contributed by atoms with Gasteiger partial charge >= 0.3 is 0 Å². The molecule has 0 spiro atoms. The van der Waals surface area contributed by atoms with Gasteiger partial charge in [-0.2, -0.15) is 0 Å². The van der Waals surface area contributed by atoms with Crippen molar-refractivity contribution in [3.05, 3.63) is 95.6 Å². The molecule has 0 bridgehead atoms. The Morgan fingerprint density at radius 2 is 1.86 bits per heavy atom. The van der Waals surface area contributed by atoms with E-state index in [0.29, 0.717) is 16.8 Å². The van der Waals surface area contributed by atoms with Crippen LogP contribution in [-0.2, 0) is 16.9 Å². The van der Waals surface area contributed by atoms with Crippen molar-refractivity contribution in [3.8, 4) is 0 Å². The molecule has 0 unspecified atom stereocenters. The number of carbonyl (C=O) groups is 2. The number of nitrogens with zero attached hydrogens (tertiary/aromatic N) is 2. The van der Waals surface area contributed by atoms with E-state index in [-0.39, 0.29) is 12.2 Å². The third-order valence-corrected chi connectivity index (χ3v) is 4.84. The Morgan fingerprint density at radius 1 is 1.07 bits per heavy atom. The van der Waals surface area contributed by atoms with Crippen molar-refractivity contribution < 1.29 is 19.1 Å². The number of pyridine rings is 1. The zero-order chi connectivity index (χ0) is 19.7. The summed E-state index contributed by atoms with van der Waals surface area (Å²) < 4.78 is 13.5. The first-order chi connectivity index (χ1) is 13.5. The summed E-state index contributed by atoms with van der Waals surface area (Å²) in [6.45, 7) is 0.0910. The molecule has 1 N–H and O–H groups in total. The number of amides is 1. The van der Waals surface area contributed by atoms with Gasteiger partial charge in [0, 0.05) is 11.8 Å². The normalized spacial score (nSPS) is 18.2. The lowest BCUT2D eigenvalue weighted by atomic mass is 9.89. The van der Waals surface area contributed by atoms with Crippen molar-refractivity contribution >= 4 is 17.4 Å². The molecule has 0 saturated heterocycles. The first-order valence-electron chi connectivity index (χ1n) is 8.81. The lowest BCUT2D eigenvalue weighted by Gasteiger charge is -2.22. The average Bonchev–Trinajstić information content (AvgIpc) is 2.91. The predicted molar refractivity (Wildman–Crippen MR) is 101 cm³/mol. The summed E-state index contributed by atoms with van der Waals surface area (Å²) in [4.78, 5) is 31.2. The number of carbonyl (C=O) groups excluding carboxylic acids is 2. The average molecular weight is 376 g/mol. The van der Waals surface area contributed by atoms with Gasteiger partial charge in [0.05, 0.1) is 18.7 Å². The van der Waals surface area contributed by atoms with Crippen LogP contribution in [0.1, 0.15) is 28.0 Å². The number of aromatic nitrogens is 1. The van der Waals surface area contributed by atoms with Gasteiger partial charge in [-0.1, -0.05) is 36.4 Å². The van der Waals surface area contributed by atoms with Gasteiger partial charge in [-0.15, -0.1) is 0 Å². The Hall–Kier alpha value is -3.38. The van der Waals surface area contributed by atoms with Gasteiger partial charge < -0.3 is 10.0 Å². The summed E-state index contributed by atoms with van der Waals surface area (Å²) >= 11 is 0. The summed E-state index contributed by atoms with van der Waals surface area (Å²) in [5, 5.41) is 11.2. The highest BCUT2D eigenvalue weighted by molar-refractivity contribution is 6.10. The monoisotopic (exact) mass is 376 g/mol. The molecule has 0 saturated carbocycles. The number of para-hydroxylation sites is 1. The molecule has 140 valence electrons. The topological polar surface area (TPSA) is 70.5 Å². The number of hydrogen-bond donors (Lipinski definition) is 1. The predicted octanol–water partition coefficient (Wildman–Crippen LogP) is 3.23. The minimum atomic E-state index is -1.99. The number of anilines is 1. The number of rotatable bonds is 5. The molecule has 2 heterocycles. The SMILES string of the molecule is O=C(C[C@@]1(O)C(=O)N(Cc2cccc(F)c2)c2ccccc21)c1ccccn1. The van der Waals surface area contributed by atoms with E-state index in [4.69, 9.17) is 0 Å². The molecule has 4 rings (SSSR count). The van der Waals surface area contributed by atoms with Gasteiger partial charge in [0.1, 0.15) is 11.5 Å². The van der Waals surface area contributed by atoms with E-state index in [1.165, 1.54) is 23.2 Å². The van der Waals surface area contributed by atoms with Crippen LogP contribution in [0.5, 0.6) is 0 Å². The van der Waals surface area contributed by atoms with E-state index >= 15 is 0 Å². The molecule has 1 aliphatic heterocycles. The van der Waals surface area contributed by atoms with Crippen LogP contribution >= 0.6 is 0 Å². The first-order valence-corrected chi connectivity index (χ1v) is 8.81. The van der Waals surface area contributed by atoms with Crippen molar-refractivity contribution in [3.63, 3.8) is 0 Å². The lowest BCUT2D eigenvalue weighted by Crippen LogP contribution is -2.41. The van der Waals surface area contributed by atoms with Crippen LogP contribution in [0.4, 0.5) is 10.1 Å². The molecule has 6 heteroatoms. The molecule has 3 aromatic rings. The van der Waals surface area contributed by atoms with Gasteiger partial charge in [-0.3, -0.25) is 14.6 Å². The molecule has 1 amide bonds. The second-order valence-corrected chi connectivity index (χ2v) is 6.71. The van der Waals surface area contributed by atoms with E-state index in [1.54, 1.807) is 54.6 Å². The van der Waals surface area contributed by atoms with Crippen molar-refractivity contribution in [1.29, 1.82) is 0 Å². The van der Waals surface area contributed by atoms with Gasteiger partial charge in [0.25, 0.3) is 5.91 Å². The van der Waals surface area contributed by atoms with Crippen LogP contribution < -0.4 is 4.90 Å². The number of halogens is 1. The highest BCUT2D eigenvalue weighted by atomic mass is 19.1. The first kappa shape index (κ1) is 18.0. The smallest absolute Gasteiger partial charge is 0.264 e. The molecule has 28 heavy (non-hydrogen) atoms. The summed E-state index contributed by atoms with van der Waals surface area (Å²) in [5.74, 6) is -1.45. The Kier molecular flexibility index (Phi) is 4.49. The molecule has 0 radical (unpaired) electrons. The van der Waals surface area contributed by atoms with E-state index in [0.717, 1.165) is 0 Å². The van der Waals surface area contributed by atoms with Crippen LogP contribution in [0.3, 0.4) is 0 Å². The largest absolute Gasteiger partial charge is 0.375 e. The fourth-order valence-corrected chi connectivity index (χ4v) is 3.50. The second-order valence-electron chi connectivity index (χ2n) is 6.71. The van der Waals surface area contributed by atoms with Crippen LogP contribution in [0.2, 0.25) is 0 Å². The van der Waals surface area contributed by atoms with E-state index in [1.807, 2.05) is 0 Å². The zero-order valence-electron chi connectivity index (χ0n) is 14.9. The third-order valence-electron chi connectivity index (χ3n) is 4.84. The Balaban J connectivity index is 1.69. The standard InChI is InChI=1S/C22H17FN2O3/c23-16-7-5-6-15(12-16)14-25-19-10-2-1-8-17(19)22(28,21(25)27)13-20(26)18-9-3-4-11-24-18/h1-12,28H,13-14H2/t22-/m0/s1. The van der Waals surface area contributed by atoms with Crippen molar-refractivity contribution in [2.45, 2.75) is 18.6 Å². The quantitative estimate of drug-likeness (QED) is 0.694. The van der Waals surface area contributed by atoms with Crippen LogP contribution in [0.25, 0.3) is 0 Å². The third kappa shape index (κ3) is 3.08. The van der Waals surface area contributed by atoms with Crippen LogP contribution in [0.15, 0.2) is 72.9 Å². The van der Waals surface area contributed by atoms with E-state index in [9.17, 15) is 19.1 Å².